The molecule has 2 nitrogen and oxygen atoms in total. The molecule has 5 aromatic rings. The lowest BCUT2D eigenvalue weighted by Crippen LogP contribution is -2.34. The number of hydrogen-bond donors (Lipinski definition) is 1. The third kappa shape index (κ3) is 3.94. The summed E-state index contributed by atoms with van der Waals surface area (Å²) < 4.78 is 0. The first-order valence-electron chi connectivity index (χ1n) is 14.2. The van der Waals surface area contributed by atoms with E-state index in [0.29, 0.717) is 11.8 Å². The SMILES string of the molecule is C/C1=C/C[C@]2(c3c4ccccc4c(-c4cccc(-c5ccncc5)c4)c4ccccc34)C=CC(CC2)C1CN. The molecule has 0 saturated heterocycles. The van der Waals surface area contributed by atoms with Gasteiger partial charge in [-0.15, -0.1) is 0 Å². The molecule has 2 bridgehead atoms. The molecule has 0 aliphatic heterocycles. The molecule has 1 aromatic heterocycles. The first-order chi connectivity index (χ1) is 19.2. The Morgan fingerprint density at radius 3 is 2.10 bits per heavy atom. The van der Waals surface area contributed by atoms with Crippen molar-refractivity contribution in [1.82, 2.24) is 4.98 Å². The van der Waals surface area contributed by atoms with Crippen LogP contribution in [-0.2, 0) is 5.41 Å². The van der Waals surface area contributed by atoms with E-state index in [-0.39, 0.29) is 5.41 Å². The van der Waals surface area contributed by atoms with Crippen molar-refractivity contribution >= 4 is 21.5 Å². The van der Waals surface area contributed by atoms with Gasteiger partial charge >= 0.3 is 0 Å². The lowest BCUT2D eigenvalue weighted by Gasteiger charge is -2.42. The molecule has 8 rings (SSSR count). The van der Waals surface area contributed by atoms with Crippen molar-refractivity contribution in [2.75, 3.05) is 6.54 Å². The topological polar surface area (TPSA) is 38.9 Å². The van der Waals surface area contributed by atoms with Gasteiger partial charge in [-0.1, -0.05) is 90.5 Å². The fourth-order valence-electron chi connectivity index (χ4n) is 7.29. The molecule has 192 valence electrons. The molecule has 2 heteroatoms. The van der Waals surface area contributed by atoms with Crippen LogP contribution in [-0.4, -0.2) is 11.5 Å². The van der Waals surface area contributed by atoms with Crippen molar-refractivity contribution in [1.29, 1.82) is 0 Å². The number of nitrogens with two attached hydrogens (primary N) is 1. The number of rotatable bonds is 4. The van der Waals surface area contributed by atoms with Gasteiger partial charge < -0.3 is 5.73 Å². The maximum atomic E-state index is 6.23. The molecule has 0 radical (unpaired) electrons. The molecular weight excluding hydrogens is 472 g/mol. The Bertz CT molecular complexity index is 1690. The molecule has 3 aliphatic carbocycles. The van der Waals surface area contributed by atoms with Crippen LogP contribution in [0.3, 0.4) is 0 Å². The standard InChI is InChI=1S/C37H34N2/c1-25-13-18-37(19-14-27(15-20-37)34(25)24-38)36-32-11-4-2-9-30(32)35(31-10-3-5-12-33(31)36)29-8-6-7-28(23-29)26-16-21-39-22-17-26/h2-14,16-17,19,21-23,27,34H,15,18,20,24,38H2,1H3/b25-13-/t27?,34?,37-/m0/s1. The van der Waals surface area contributed by atoms with Crippen LogP contribution in [0.25, 0.3) is 43.8 Å². The molecule has 0 amide bonds. The molecule has 39 heavy (non-hydrogen) atoms. The van der Waals surface area contributed by atoms with Crippen LogP contribution in [0, 0.1) is 11.8 Å². The largest absolute Gasteiger partial charge is 0.330 e. The van der Waals surface area contributed by atoms with Crippen molar-refractivity contribution in [3.8, 4) is 22.3 Å². The molecule has 2 unspecified atom stereocenters. The second kappa shape index (κ2) is 9.63. The van der Waals surface area contributed by atoms with Gasteiger partial charge in [0.25, 0.3) is 0 Å². The summed E-state index contributed by atoms with van der Waals surface area (Å²) in [6, 6.07) is 31.3. The van der Waals surface area contributed by atoms with Gasteiger partial charge in [0, 0.05) is 17.8 Å². The van der Waals surface area contributed by atoms with Crippen molar-refractivity contribution in [2.24, 2.45) is 17.6 Å². The first kappa shape index (κ1) is 24.1. The van der Waals surface area contributed by atoms with Crippen LogP contribution in [0.5, 0.6) is 0 Å². The van der Waals surface area contributed by atoms with Crippen molar-refractivity contribution in [2.45, 2.75) is 31.6 Å². The number of hydrogen-bond acceptors (Lipinski definition) is 2. The maximum Gasteiger partial charge on any atom is 0.0273 e. The van der Waals surface area contributed by atoms with Gasteiger partial charge in [0.15, 0.2) is 0 Å². The Labute approximate surface area is 230 Å². The van der Waals surface area contributed by atoms with Crippen LogP contribution in [0.1, 0.15) is 31.7 Å². The number of benzene rings is 4. The van der Waals surface area contributed by atoms with Gasteiger partial charge in [0.1, 0.15) is 0 Å². The average molecular weight is 507 g/mol. The molecule has 1 heterocycles. The van der Waals surface area contributed by atoms with Crippen molar-refractivity contribution in [3.05, 3.63) is 127 Å². The molecule has 2 N–H and O–H groups in total. The number of pyridine rings is 1. The highest BCUT2D eigenvalue weighted by Gasteiger charge is 2.39. The molecule has 4 aromatic carbocycles. The molecule has 3 atom stereocenters. The second-order valence-corrected chi connectivity index (χ2v) is 11.4. The summed E-state index contributed by atoms with van der Waals surface area (Å²) in [5.74, 6) is 0.996. The summed E-state index contributed by atoms with van der Waals surface area (Å²) in [5.41, 5.74) is 14.1. The van der Waals surface area contributed by atoms with Gasteiger partial charge in [0.05, 0.1) is 0 Å². The van der Waals surface area contributed by atoms with Crippen LogP contribution in [0.15, 0.2) is 121 Å². The van der Waals surface area contributed by atoms with E-state index in [9.17, 15) is 0 Å². The predicted molar refractivity (Wildman–Crippen MR) is 165 cm³/mol. The van der Waals surface area contributed by atoms with Gasteiger partial charge in [-0.3, -0.25) is 4.98 Å². The van der Waals surface area contributed by atoms with Gasteiger partial charge in [-0.05, 0) is 112 Å². The first-order valence-corrected chi connectivity index (χ1v) is 14.2. The summed E-state index contributed by atoms with van der Waals surface area (Å²) >= 11 is 0. The smallest absolute Gasteiger partial charge is 0.0273 e. The lowest BCUT2D eigenvalue weighted by atomic mass is 9.62. The van der Waals surface area contributed by atoms with E-state index in [0.717, 1.165) is 19.4 Å². The van der Waals surface area contributed by atoms with Crippen molar-refractivity contribution < 1.29 is 0 Å². The third-order valence-electron chi connectivity index (χ3n) is 9.32. The summed E-state index contributed by atoms with van der Waals surface area (Å²) in [6.07, 6.45) is 14.6. The minimum Gasteiger partial charge on any atom is -0.330 e. The number of allylic oxidation sites excluding steroid dienone is 3. The van der Waals surface area contributed by atoms with E-state index in [1.54, 1.807) is 0 Å². The van der Waals surface area contributed by atoms with Gasteiger partial charge in [-0.25, -0.2) is 0 Å². The minimum absolute atomic E-state index is 0.0199. The zero-order valence-electron chi connectivity index (χ0n) is 22.5. The fraction of sp³-hybridized carbons (Fsp3) is 0.216. The number of fused-ring (bicyclic) bond motifs is 5. The molecular formula is C37H34N2. The number of aromatic nitrogens is 1. The van der Waals surface area contributed by atoms with Gasteiger partial charge in [0.2, 0.25) is 0 Å². The van der Waals surface area contributed by atoms with Gasteiger partial charge in [-0.2, -0.15) is 0 Å². The number of nitrogens with zero attached hydrogens (tertiary/aromatic N) is 1. The summed E-state index contributed by atoms with van der Waals surface area (Å²) in [7, 11) is 0. The highest BCUT2D eigenvalue weighted by molar-refractivity contribution is 6.16. The second-order valence-electron chi connectivity index (χ2n) is 11.4. The van der Waals surface area contributed by atoms with Crippen LogP contribution in [0.4, 0.5) is 0 Å². The van der Waals surface area contributed by atoms with Crippen LogP contribution in [0.2, 0.25) is 0 Å². The van der Waals surface area contributed by atoms with E-state index in [4.69, 9.17) is 5.73 Å². The lowest BCUT2D eigenvalue weighted by molar-refractivity contribution is 0.332. The summed E-state index contributed by atoms with van der Waals surface area (Å²) in [5, 5.41) is 5.38. The molecule has 0 saturated carbocycles. The van der Waals surface area contributed by atoms with E-state index in [1.807, 2.05) is 12.4 Å². The zero-order chi connectivity index (χ0) is 26.4. The highest BCUT2D eigenvalue weighted by Crippen LogP contribution is 2.51. The highest BCUT2D eigenvalue weighted by atomic mass is 14.6. The van der Waals surface area contributed by atoms with Crippen LogP contribution >= 0.6 is 0 Å². The summed E-state index contributed by atoms with van der Waals surface area (Å²) in [6.45, 7) is 3.01. The molecule has 0 spiro atoms. The zero-order valence-corrected chi connectivity index (χ0v) is 22.5. The molecule has 0 fully saturated rings. The minimum atomic E-state index is -0.0199. The maximum absolute atomic E-state index is 6.23. The molecule has 3 aliphatic rings. The monoisotopic (exact) mass is 506 g/mol. The Morgan fingerprint density at radius 2 is 1.46 bits per heavy atom. The Morgan fingerprint density at radius 1 is 0.795 bits per heavy atom. The Balaban J connectivity index is 1.50. The third-order valence-corrected chi connectivity index (χ3v) is 9.32. The quantitative estimate of drug-likeness (QED) is 0.195. The van der Waals surface area contributed by atoms with Crippen molar-refractivity contribution in [3.63, 3.8) is 0 Å². The normalized spacial score (nSPS) is 23.9. The Kier molecular flexibility index (Phi) is 5.94. The predicted octanol–water partition coefficient (Wildman–Crippen LogP) is 8.85. The Hall–Kier alpha value is -4.01. The fourth-order valence-corrected chi connectivity index (χ4v) is 7.29. The van der Waals surface area contributed by atoms with E-state index in [2.05, 4.69) is 115 Å². The van der Waals surface area contributed by atoms with E-state index in [1.165, 1.54) is 61.4 Å². The average Bonchev–Trinajstić information content (AvgIpc) is 2.99. The van der Waals surface area contributed by atoms with Crippen LogP contribution < -0.4 is 5.73 Å². The van der Waals surface area contributed by atoms with E-state index >= 15 is 0 Å². The van der Waals surface area contributed by atoms with E-state index < -0.39 is 0 Å². The summed E-state index contributed by atoms with van der Waals surface area (Å²) in [4.78, 5) is 4.22.